The van der Waals surface area contributed by atoms with Gasteiger partial charge in [0.25, 0.3) is 5.19 Å². The Kier molecular flexibility index (Phi) is 3.98. The van der Waals surface area contributed by atoms with Gasteiger partial charge in [0.2, 0.25) is 0 Å². The van der Waals surface area contributed by atoms with Crippen LogP contribution in [0.2, 0.25) is 0 Å². The molecule has 0 saturated carbocycles. The molecule has 0 radical (unpaired) electrons. The molecule has 1 N–H and O–H groups in total. The summed E-state index contributed by atoms with van der Waals surface area (Å²) in [6, 6.07) is 7.68. The molecule has 0 bridgehead atoms. The fourth-order valence-electron chi connectivity index (χ4n) is 2.13. The van der Waals surface area contributed by atoms with E-state index in [1.54, 1.807) is 0 Å². The molecule has 1 fully saturated rings. The van der Waals surface area contributed by atoms with Crippen LogP contribution in [0.15, 0.2) is 30.5 Å². The molecule has 1 saturated heterocycles. The molecular formula is C13H14N4O3S. The van der Waals surface area contributed by atoms with Crippen LogP contribution in [-0.4, -0.2) is 36.1 Å². The number of aromatic nitrogens is 1. The van der Waals surface area contributed by atoms with Gasteiger partial charge in [-0.15, -0.1) is 0 Å². The number of rotatable bonds is 4. The number of anilines is 1. The Hall–Kier alpha value is -2.19. The van der Waals surface area contributed by atoms with E-state index in [0.29, 0.717) is 5.75 Å². The SMILES string of the molecule is O=[N+]([O-])c1cnc(Oc2ccc(N3CCNCC3)cc2)s1. The number of nitro groups is 1. The summed E-state index contributed by atoms with van der Waals surface area (Å²) >= 11 is 0.917. The molecule has 2 aromatic rings. The summed E-state index contributed by atoms with van der Waals surface area (Å²) in [5, 5.41) is 14.2. The van der Waals surface area contributed by atoms with E-state index >= 15 is 0 Å². The molecule has 8 heteroatoms. The summed E-state index contributed by atoms with van der Waals surface area (Å²) in [6.07, 6.45) is 1.20. The molecule has 3 rings (SSSR count). The highest BCUT2D eigenvalue weighted by Gasteiger charge is 2.14. The highest BCUT2D eigenvalue weighted by atomic mass is 32.1. The molecular weight excluding hydrogens is 292 g/mol. The molecule has 1 aliphatic rings. The maximum atomic E-state index is 10.6. The molecule has 7 nitrogen and oxygen atoms in total. The minimum Gasteiger partial charge on any atom is -0.431 e. The smallest absolute Gasteiger partial charge is 0.347 e. The molecule has 1 aliphatic heterocycles. The first kappa shape index (κ1) is 13.8. The van der Waals surface area contributed by atoms with Crippen molar-refractivity contribution in [1.29, 1.82) is 0 Å². The minimum absolute atomic E-state index is 0.0255. The van der Waals surface area contributed by atoms with Crippen LogP contribution in [0, 0.1) is 10.1 Å². The number of nitrogens with one attached hydrogen (secondary N) is 1. The second-order valence-corrected chi connectivity index (χ2v) is 5.53. The van der Waals surface area contributed by atoms with Crippen molar-refractivity contribution >= 4 is 22.0 Å². The quantitative estimate of drug-likeness (QED) is 0.689. The van der Waals surface area contributed by atoms with E-state index in [4.69, 9.17) is 4.74 Å². The van der Waals surface area contributed by atoms with Crippen molar-refractivity contribution in [2.45, 2.75) is 0 Å². The highest BCUT2D eigenvalue weighted by Crippen LogP contribution is 2.31. The maximum absolute atomic E-state index is 10.6. The minimum atomic E-state index is -0.474. The molecule has 0 unspecified atom stereocenters. The highest BCUT2D eigenvalue weighted by molar-refractivity contribution is 7.16. The summed E-state index contributed by atoms with van der Waals surface area (Å²) in [4.78, 5) is 16.3. The third kappa shape index (κ3) is 3.29. The Morgan fingerprint density at radius 1 is 1.29 bits per heavy atom. The molecule has 110 valence electrons. The number of thiazole rings is 1. The Morgan fingerprint density at radius 2 is 2.00 bits per heavy atom. The van der Waals surface area contributed by atoms with Gasteiger partial charge in [0.1, 0.15) is 11.9 Å². The summed E-state index contributed by atoms with van der Waals surface area (Å²) in [5.41, 5.74) is 1.15. The molecule has 0 amide bonds. The monoisotopic (exact) mass is 306 g/mol. The Balaban J connectivity index is 1.67. The number of hydrogen-bond donors (Lipinski definition) is 1. The molecule has 0 atom stereocenters. The van der Waals surface area contributed by atoms with Crippen molar-refractivity contribution in [2.24, 2.45) is 0 Å². The second kappa shape index (κ2) is 6.06. The lowest BCUT2D eigenvalue weighted by Gasteiger charge is -2.29. The number of nitrogens with zero attached hydrogens (tertiary/aromatic N) is 3. The van der Waals surface area contributed by atoms with Crippen molar-refractivity contribution in [3.8, 4) is 10.9 Å². The zero-order valence-corrected chi connectivity index (χ0v) is 12.0. The van der Waals surface area contributed by atoms with E-state index in [0.717, 1.165) is 43.2 Å². The van der Waals surface area contributed by atoms with E-state index in [2.05, 4.69) is 15.2 Å². The lowest BCUT2D eigenvalue weighted by Crippen LogP contribution is -2.43. The average molecular weight is 306 g/mol. The topological polar surface area (TPSA) is 80.5 Å². The predicted molar refractivity (Wildman–Crippen MR) is 80.4 cm³/mol. The Morgan fingerprint density at radius 3 is 2.62 bits per heavy atom. The Labute approximate surface area is 125 Å². The lowest BCUT2D eigenvalue weighted by atomic mass is 10.2. The van der Waals surface area contributed by atoms with Gasteiger partial charge in [-0.1, -0.05) is 0 Å². The standard InChI is InChI=1S/C13H14N4O3S/c18-17(19)12-9-15-13(21-12)20-11-3-1-10(2-4-11)16-7-5-14-6-8-16/h1-4,9,14H,5-8H2. The van der Waals surface area contributed by atoms with Crippen molar-refractivity contribution in [2.75, 3.05) is 31.1 Å². The van der Waals surface area contributed by atoms with Crippen LogP contribution in [0.25, 0.3) is 0 Å². The molecule has 2 heterocycles. The van der Waals surface area contributed by atoms with Gasteiger partial charge in [0, 0.05) is 31.9 Å². The third-order valence-electron chi connectivity index (χ3n) is 3.18. The van der Waals surface area contributed by atoms with Crippen LogP contribution in [0.5, 0.6) is 10.9 Å². The molecule has 1 aromatic heterocycles. The van der Waals surface area contributed by atoms with Crippen molar-refractivity contribution in [1.82, 2.24) is 10.3 Å². The van der Waals surface area contributed by atoms with E-state index < -0.39 is 4.92 Å². The molecule has 21 heavy (non-hydrogen) atoms. The summed E-state index contributed by atoms with van der Waals surface area (Å²) in [7, 11) is 0. The van der Waals surface area contributed by atoms with Crippen molar-refractivity contribution in [3.63, 3.8) is 0 Å². The first-order valence-corrected chi connectivity index (χ1v) is 7.38. The number of benzene rings is 1. The number of piperazine rings is 1. The first-order chi connectivity index (χ1) is 10.2. The van der Waals surface area contributed by atoms with E-state index in [-0.39, 0.29) is 10.2 Å². The molecule has 0 spiro atoms. The summed E-state index contributed by atoms with van der Waals surface area (Å²) < 4.78 is 5.52. The van der Waals surface area contributed by atoms with Crippen molar-refractivity contribution in [3.05, 3.63) is 40.6 Å². The lowest BCUT2D eigenvalue weighted by molar-refractivity contribution is -0.380. The van der Waals surface area contributed by atoms with Gasteiger partial charge in [0.15, 0.2) is 0 Å². The largest absolute Gasteiger partial charge is 0.431 e. The van der Waals surface area contributed by atoms with Crippen LogP contribution in [-0.2, 0) is 0 Å². The van der Waals surface area contributed by atoms with Gasteiger partial charge in [0.05, 0.1) is 4.92 Å². The fourth-order valence-corrected chi connectivity index (χ4v) is 2.73. The number of ether oxygens (including phenoxy) is 1. The summed E-state index contributed by atoms with van der Waals surface area (Å²) in [6.45, 7) is 3.94. The van der Waals surface area contributed by atoms with Crippen LogP contribution in [0.4, 0.5) is 10.7 Å². The Bertz CT molecular complexity index is 623. The van der Waals surface area contributed by atoms with Gasteiger partial charge < -0.3 is 15.0 Å². The summed E-state index contributed by atoms with van der Waals surface area (Å²) in [5.74, 6) is 0.623. The predicted octanol–water partition coefficient (Wildman–Crippen LogP) is 2.25. The van der Waals surface area contributed by atoms with Gasteiger partial charge in [-0.25, -0.2) is 4.98 Å². The average Bonchev–Trinajstić information content (AvgIpc) is 2.98. The van der Waals surface area contributed by atoms with Gasteiger partial charge in [-0.3, -0.25) is 10.1 Å². The van der Waals surface area contributed by atoms with E-state index in [1.807, 2.05) is 24.3 Å². The maximum Gasteiger partial charge on any atom is 0.347 e. The second-order valence-electron chi connectivity index (χ2n) is 4.55. The normalized spacial score (nSPS) is 15.0. The van der Waals surface area contributed by atoms with Gasteiger partial charge in [-0.2, -0.15) is 0 Å². The van der Waals surface area contributed by atoms with Crippen LogP contribution >= 0.6 is 11.3 Å². The zero-order valence-electron chi connectivity index (χ0n) is 11.2. The van der Waals surface area contributed by atoms with Crippen LogP contribution in [0.1, 0.15) is 0 Å². The van der Waals surface area contributed by atoms with E-state index in [9.17, 15) is 10.1 Å². The number of hydrogen-bond acceptors (Lipinski definition) is 7. The molecule has 1 aromatic carbocycles. The van der Waals surface area contributed by atoms with Gasteiger partial charge >= 0.3 is 5.00 Å². The van der Waals surface area contributed by atoms with E-state index in [1.165, 1.54) is 6.20 Å². The zero-order chi connectivity index (χ0) is 14.7. The van der Waals surface area contributed by atoms with Crippen LogP contribution in [0.3, 0.4) is 0 Å². The first-order valence-electron chi connectivity index (χ1n) is 6.56. The van der Waals surface area contributed by atoms with Crippen LogP contribution < -0.4 is 15.0 Å². The van der Waals surface area contributed by atoms with Crippen molar-refractivity contribution < 1.29 is 9.66 Å². The molecule has 0 aliphatic carbocycles. The van der Waals surface area contributed by atoms with Gasteiger partial charge in [-0.05, 0) is 35.6 Å². The fraction of sp³-hybridized carbons (Fsp3) is 0.308. The third-order valence-corrected chi connectivity index (χ3v) is 4.00.